The number of hydrogen-bond acceptors (Lipinski definition) is 6. The average molecular weight is 415 g/mol. The van der Waals surface area contributed by atoms with E-state index >= 15 is 0 Å². The van der Waals surface area contributed by atoms with Gasteiger partial charge in [-0.15, -0.1) is 0 Å². The summed E-state index contributed by atoms with van der Waals surface area (Å²) in [5.74, 6) is 0.161. The number of primary sulfonamides is 1. The van der Waals surface area contributed by atoms with Crippen LogP contribution in [0.5, 0.6) is 5.75 Å². The highest BCUT2D eigenvalue weighted by Crippen LogP contribution is 2.25. The van der Waals surface area contributed by atoms with Crippen molar-refractivity contribution in [3.05, 3.63) is 23.8 Å². The van der Waals surface area contributed by atoms with Crippen LogP contribution in [0.1, 0.15) is 46.1 Å². The van der Waals surface area contributed by atoms with Gasteiger partial charge in [-0.2, -0.15) is 0 Å². The van der Waals surface area contributed by atoms with E-state index in [0.717, 1.165) is 6.29 Å². The summed E-state index contributed by atoms with van der Waals surface area (Å²) in [6.45, 7) is 7.53. The number of benzene rings is 1. The van der Waals surface area contributed by atoms with Crippen molar-refractivity contribution in [1.82, 2.24) is 4.90 Å². The number of ether oxygens (including phenoxy) is 2. The zero-order chi connectivity index (χ0) is 21.5. The molecule has 8 nitrogen and oxygen atoms in total. The fourth-order valence-electron chi connectivity index (χ4n) is 2.68. The molecule has 1 aromatic carbocycles. The van der Waals surface area contributed by atoms with Gasteiger partial charge in [-0.25, -0.2) is 18.4 Å². The minimum absolute atomic E-state index is 0.107. The summed E-state index contributed by atoms with van der Waals surface area (Å²) in [6.07, 6.45) is 1.56. The monoisotopic (exact) mass is 414 g/mol. The van der Waals surface area contributed by atoms with E-state index in [2.05, 4.69) is 0 Å². The molecule has 1 aromatic rings. The Hall–Kier alpha value is -2.13. The molecule has 0 aromatic heterocycles. The molecule has 0 saturated carbocycles. The molecule has 1 rings (SSSR count). The SMILES string of the molecule is COc1ccc(CC(C)N(CCCC=O)C(=O)OC(C)(C)C)cc1S(N)(=O)=O. The van der Waals surface area contributed by atoms with E-state index < -0.39 is 21.7 Å². The molecule has 0 heterocycles. The topological polar surface area (TPSA) is 116 Å². The van der Waals surface area contributed by atoms with Gasteiger partial charge in [0.1, 0.15) is 22.5 Å². The predicted molar refractivity (Wildman–Crippen MR) is 106 cm³/mol. The third kappa shape index (κ3) is 7.47. The third-order valence-electron chi connectivity index (χ3n) is 3.95. The van der Waals surface area contributed by atoms with Crippen LogP contribution in [0, 0.1) is 0 Å². The van der Waals surface area contributed by atoms with E-state index in [4.69, 9.17) is 14.6 Å². The number of aldehydes is 1. The lowest BCUT2D eigenvalue weighted by Gasteiger charge is -2.32. The Labute approximate surface area is 167 Å². The number of hydrogen-bond donors (Lipinski definition) is 1. The first-order valence-corrected chi connectivity index (χ1v) is 10.6. The number of rotatable bonds is 9. The molecule has 0 bridgehead atoms. The summed E-state index contributed by atoms with van der Waals surface area (Å²) in [7, 11) is -2.59. The normalized spacial score (nSPS) is 12.9. The molecule has 1 atom stereocenters. The maximum atomic E-state index is 12.6. The van der Waals surface area contributed by atoms with Gasteiger partial charge in [-0.1, -0.05) is 6.07 Å². The summed E-state index contributed by atoms with van der Waals surface area (Å²) < 4.78 is 34.1. The predicted octanol–water partition coefficient (Wildman–Crippen LogP) is 2.49. The molecule has 0 aliphatic rings. The van der Waals surface area contributed by atoms with Crippen LogP contribution in [0.4, 0.5) is 4.79 Å². The lowest BCUT2D eigenvalue weighted by Crippen LogP contribution is -2.43. The molecule has 1 unspecified atom stereocenters. The Kier molecular flexibility index (Phi) is 8.44. The number of sulfonamides is 1. The second kappa shape index (κ2) is 9.88. The Morgan fingerprint density at radius 3 is 2.46 bits per heavy atom. The summed E-state index contributed by atoms with van der Waals surface area (Å²) in [6, 6.07) is 4.42. The van der Waals surface area contributed by atoms with Crippen molar-refractivity contribution >= 4 is 22.4 Å². The molecule has 158 valence electrons. The third-order valence-corrected chi connectivity index (χ3v) is 4.88. The van der Waals surface area contributed by atoms with Crippen LogP contribution >= 0.6 is 0 Å². The van der Waals surface area contributed by atoms with E-state index in [1.54, 1.807) is 31.7 Å². The molecular weight excluding hydrogens is 384 g/mol. The maximum absolute atomic E-state index is 12.6. The van der Waals surface area contributed by atoms with Gasteiger partial charge in [-0.3, -0.25) is 0 Å². The van der Waals surface area contributed by atoms with Crippen LogP contribution in [0.15, 0.2) is 23.1 Å². The number of carbonyl (C=O) groups is 2. The number of carbonyl (C=O) groups excluding carboxylic acids is 2. The van der Waals surface area contributed by atoms with Crippen LogP contribution in [-0.2, 0) is 26.0 Å². The van der Waals surface area contributed by atoms with E-state index in [1.807, 2.05) is 6.92 Å². The Balaban J connectivity index is 3.07. The second-order valence-corrected chi connectivity index (χ2v) is 9.10. The van der Waals surface area contributed by atoms with Crippen molar-refractivity contribution in [1.29, 1.82) is 0 Å². The summed E-state index contributed by atoms with van der Waals surface area (Å²) in [5, 5.41) is 5.27. The van der Waals surface area contributed by atoms with Gasteiger partial charge in [0, 0.05) is 19.0 Å². The molecule has 2 N–H and O–H groups in total. The zero-order valence-electron chi connectivity index (χ0n) is 17.1. The van der Waals surface area contributed by atoms with Gasteiger partial charge in [0.25, 0.3) is 0 Å². The van der Waals surface area contributed by atoms with E-state index in [9.17, 15) is 18.0 Å². The lowest BCUT2D eigenvalue weighted by molar-refractivity contribution is -0.108. The summed E-state index contributed by atoms with van der Waals surface area (Å²) in [4.78, 5) is 24.7. The van der Waals surface area contributed by atoms with Gasteiger partial charge >= 0.3 is 6.09 Å². The smallest absolute Gasteiger partial charge is 0.410 e. The van der Waals surface area contributed by atoms with Gasteiger partial charge in [-0.05, 0) is 58.2 Å². The number of methoxy groups -OCH3 is 1. The molecule has 9 heteroatoms. The van der Waals surface area contributed by atoms with Crippen molar-refractivity contribution in [3.8, 4) is 5.75 Å². The number of unbranched alkanes of at least 4 members (excludes halogenated alkanes) is 1. The maximum Gasteiger partial charge on any atom is 0.410 e. The minimum Gasteiger partial charge on any atom is -0.495 e. The molecule has 0 saturated heterocycles. The van der Waals surface area contributed by atoms with Crippen LogP contribution in [0.2, 0.25) is 0 Å². The summed E-state index contributed by atoms with van der Waals surface area (Å²) >= 11 is 0. The fourth-order valence-corrected chi connectivity index (χ4v) is 3.43. The average Bonchev–Trinajstić information content (AvgIpc) is 2.56. The Bertz CT molecular complexity index is 786. The van der Waals surface area contributed by atoms with Crippen molar-refractivity contribution in [3.63, 3.8) is 0 Å². The van der Waals surface area contributed by atoms with Crippen LogP contribution < -0.4 is 9.88 Å². The van der Waals surface area contributed by atoms with Crippen molar-refractivity contribution in [2.45, 2.75) is 63.5 Å². The second-order valence-electron chi connectivity index (χ2n) is 7.57. The molecule has 28 heavy (non-hydrogen) atoms. The molecule has 0 aliphatic heterocycles. The van der Waals surface area contributed by atoms with Crippen molar-refractivity contribution in [2.24, 2.45) is 5.14 Å². The largest absolute Gasteiger partial charge is 0.495 e. The first-order valence-electron chi connectivity index (χ1n) is 9.02. The van der Waals surface area contributed by atoms with Gasteiger partial charge in [0.2, 0.25) is 10.0 Å². The number of amides is 1. The van der Waals surface area contributed by atoms with Crippen LogP contribution in [-0.4, -0.2) is 51.0 Å². The highest BCUT2D eigenvalue weighted by Gasteiger charge is 2.26. The fraction of sp³-hybridized carbons (Fsp3) is 0.579. The minimum atomic E-state index is -3.95. The Morgan fingerprint density at radius 1 is 1.32 bits per heavy atom. The molecule has 0 radical (unpaired) electrons. The highest BCUT2D eigenvalue weighted by molar-refractivity contribution is 7.89. The first-order chi connectivity index (χ1) is 12.9. The quantitative estimate of drug-likeness (QED) is 0.490. The molecular formula is C19H30N2O6S. The van der Waals surface area contributed by atoms with E-state index in [-0.39, 0.29) is 16.7 Å². The van der Waals surface area contributed by atoms with Crippen molar-refractivity contribution < 1.29 is 27.5 Å². The number of nitrogens with two attached hydrogens (primary N) is 1. The van der Waals surface area contributed by atoms with Crippen LogP contribution in [0.3, 0.4) is 0 Å². The zero-order valence-corrected chi connectivity index (χ0v) is 17.9. The Morgan fingerprint density at radius 2 is 1.96 bits per heavy atom. The standard InChI is InChI=1S/C19H30N2O6S/c1-14(21(10-6-7-11-22)18(23)27-19(2,3)4)12-15-8-9-16(26-5)17(13-15)28(20,24)25/h8-9,11,13-14H,6-7,10,12H2,1-5H3,(H2,20,24,25). The van der Waals surface area contributed by atoms with Gasteiger partial charge < -0.3 is 19.2 Å². The highest BCUT2D eigenvalue weighted by atomic mass is 32.2. The van der Waals surface area contributed by atoms with Gasteiger partial charge in [0.15, 0.2) is 0 Å². The van der Waals surface area contributed by atoms with Crippen LogP contribution in [0.25, 0.3) is 0 Å². The first kappa shape index (κ1) is 23.9. The van der Waals surface area contributed by atoms with Crippen molar-refractivity contribution in [2.75, 3.05) is 13.7 Å². The molecule has 1 amide bonds. The van der Waals surface area contributed by atoms with Gasteiger partial charge in [0.05, 0.1) is 7.11 Å². The molecule has 0 fully saturated rings. The molecule has 0 aliphatic carbocycles. The lowest BCUT2D eigenvalue weighted by atomic mass is 10.1. The summed E-state index contributed by atoms with van der Waals surface area (Å²) in [5.41, 5.74) is 0.0296. The van der Waals surface area contributed by atoms with E-state index in [1.165, 1.54) is 19.2 Å². The molecule has 0 spiro atoms. The number of nitrogens with zero attached hydrogens (tertiary/aromatic N) is 1. The van der Waals surface area contributed by atoms with E-state index in [0.29, 0.717) is 31.4 Å².